The number of carbonyl (C=O) groups excluding carboxylic acids is 2. The van der Waals surface area contributed by atoms with E-state index >= 15 is 0 Å². The molecule has 2 aromatic carbocycles. The summed E-state index contributed by atoms with van der Waals surface area (Å²) in [6.45, 7) is 8.05. The van der Waals surface area contributed by atoms with Crippen LogP contribution in [-0.4, -0.2) is 29.1 Å². The number of hydrogen-bond donors (Lipinski definition) is 2. The van der Waals surface area contributed by atoms with Crippen LogP contribution in [0.15, 0.2) is 47.9 Å². The standard InChI is InChI=1S/C25H26N2O5/c1-5-31-22(29)19-21(26)32-18-11-14(28)9-10-16(18)25(19)17-8-6-7-15-13(2)12-24(3,4)27(20(15)17)23(25)30/h6-11,13,28H,5,12,26H2,1-4H3/t13-,25+/m0/s1. The quantitative estimate of drug-likeness (QED) is 0.702. The second kappa shape index (κ2) is 6.51. The molecule has 166 valence electrons. The predicted molar refractivity (Wildman–Crippen MR) is 118 cm³/mol. The Kier molecular flexibility index (Phi) is 4.16. The fourth-order valence-electron chi connectivity index (χ4n) is 5.78. The van der Waals surface area contributed by atoms with Crippen LogP contribution in [0.4, 0.5) is 5.69 Å². The lowest BCUT2D eigenvalue weighted by atomic mass is 9.68. The number of benzene rings is 2. The molecule has 0 unspecified atom stereocenters. The Morgan fingerprint density at radius 1 is 1.28 bits per heavy atom. The molecular weight excluding hydrogens is 408 g/mol. The van der Waals surface area contributed by atoms with Crippen molar-refractivity contribution in [2.24, 2.45) is 5.73 Å². The van der Waals surface area contributed by atoms with Gasteiger partial charge in [0.1, 0.15) is 22.5 Å². The van der Waals surface area contributed by atoms with Crippen molar-refractivity contribution in [3.63, 3.8) is 0 Å². The van der Waals surface area contributed by atoms with Crippen LogP contribution >= 0.6 is 0 Å². The normalized spacial score (nSPS) is 24.8. The molecule has 1 spiro atoms. The third-order valence-corrected chi connectivity index (χ3v) is 6.85. The van der Waals surface area contributed by atoms with Crippen molar-refractivity contribution < 1.29 is 24.2 Å². The summed E-state index contributed by atoms with van der Waals surface area (Å²) in [5.41, 5.74) is 7.28. The molecule has 0 radical (unpaired) electrons. The van der Waals surface area contributed by atoms with E-state index in [0.29, 0.717) is 11.1 Å². The minimum atomic E-state index is -1.52. The third kappa shape index (κ3) is 2.36. The molecule has 0 aliphatic carbocycles. The first-order valence-electron chi connectivity index (χ1n) is 10.8. The van der Waals surface area contributed by atoms with Crippen LogP contribution in [0.3, 0.4) is 0 Å². The maximum atomic E-state index is 14.5. The van der Waals surface area contributed by atoms with Gasteiger partial charge in [-0.15, -0.1) is 0 Å². The first-order valence-corrected chi connectivity index (χ1v) is 10.8. The van der Waals surface area contributed by atoms with Gasteiger partial charge in [-0.25, -0.2) is 4.79 Å². The van der Waals surface area contributed by atoms with Crippen LogP contribution in [-0.2, 0) is 19.7 Å². The van der Waals surface area contributed by atoms with E-state index in [9.17, 15) is 14.7 Å². The van der Waals surface area contributed by atoms with E-state index in [4.69, 9.17) is 15.2 Å². The summed E-state index contributed by atoms with van der Waals surface area (Å²) >= 11 is 0. The predicted octanol–water partition coefficient (Wildman–Crippen LogP) is 3.44. The smallest absolute Gasteiger partial charge is 0.341 e. The van der Waals surface area contributed by atoms with Crippen molar-refractivity contribution in [3.8, 4) is 11.5 Å². The van der Waals surface area contributed by atoms with Crippen LogP contribution in [0.25, 0.3) is 0 Å². The van der Waals surface area contributed by atoms with Crippen LogP contribution < -0.4 is 15.4 Å². The highest BCUT2D eigenvalue weighted by molar-refractivity contribution is 6.19. The van der Waals surface area contributed by atoms with E-state index < -0.39 is 16.9 Å². The summed E-state index contributed by atoms with van der Waals surface area (Å²) in [5.74, 6) is -0.713. The number of anilines is 1. The number of ether oxygens (including phenoxy) is 2. The molecule has 3 aliphatic rings. The number of para-hydroxylation sites is 1. The van der Waals surface area contributed by atoms with E-state index in [1.165, 1.54) is 12.1 Å². The summed E-state index contributed by atoms with van der Waals surface area (Å²) in [4.78, 5) is 29.6. The Labute approximate surface area is 186 Å². The van der Waals surface area contributed by atoms with Crippen molar-refractivity contribution >= 4 is 17.6 Å². The second-order valence-electron chi connectivity index (χ2n) is 9.29. The van der Waals surface area contributed by atoms with Crippen molar-refractivity contribution in [2.75, 3.05) is 11.5 Å². The van der Waals surface area contributed by atoms with Gasteiger partial charge in [0.05, 0.1) is 12.3 Å². The number of carbonyl (C=O) groups is 2. The summed E-state index contributed by atoms with van der Waals surface area (Å²) in [5, 5.41) is 10.1. The molecule has 2 aromatic rings. The molecule has 0 bridgehead atoms. The highest BCUT2D eigenvalue weighted by Gasteiger charge is 2.64. The van der Waals surface area contributed by atoms with Crippen molar-refractivity contribution in [1.29, 1.82) is 0 Å². The van der Waals surface area contributed by atoms with Gasteiger partial charge < -0.3 is 25.2 Å². The molecule has 0 saturated carbocycles. The van der Waals surface area contributed by atoms with E-state index in [1.807, 2.05) is 36.9 Å². The number of fused-ring (bicyclic) bond motifs is 3. The van der Waals surface area contributed by atoms with Crippen LogP contribution in [0.2, 0.25) is 0 Å². The van der Waals surface area contributed by atoms with Crippen LogP contribution in [0, 0.1) is 0 Å². The molecule has 0 aromatic heterocycles. The highest BCUT2D eigenvalue weighted by atomic mass is 16.5. The topological polar surface area (TPSA) is 102 Å². The van der Waals surface area contributed by atoms with E-state index in [0.717, 1.165) is 17.7 Å². The minimum absolute atomic E-state index is 0.0196. The zero-order valence-electron chi connectivity index (χ0n) is 18.6. The lowest BCUT2D eigenvalue weighted by molar-refractivity contribution is -0.141. The molecule has 7 nitrogen and oxygen atoms in total. The van der Waals surface area contributed by atoms with Crippen molar-refractivity contribution in [2.45, 2.75) is 51.0 Å². The van der Waals surface area contributed by atoms with Crippen molar-refractivity contribution in [1.82, 2.24) is 0 Å². The molecule has 0 saturated heterocycles. The molecule has 2 atom stereocenters. The fourth-order valence-corrected chi connectivity index (χ4v) is 5.78. The molecule has 0 fully saturated rings. The lowest BCUT2D eigenvalue weighted by Gasteiger charge is -2.44. The Balaban J connectivity index is 1.93. The van der Waals surface area contributed by atoms with Gasteiger partial charge >= 0.3 is 5.97 Å². The fraction of sp³-hybridized carbons (Fsp3) is 0.360. The Hall–Kier alpha value is -3.48. The van der Waals surface area contributed by atoms with E-state index in [1.54, 1.807) is 13.0 Å². The number of nitrogens with zero attached hydrogens (tertiary/aromatic N) is 1. The highest BCUT2D eigenvalue weighted by Crippen LogP contribution is 2.61. The molecule has 32 heavy (non-hydrogen) atoms. The zero-order valence-corrected chi connectivity index (χ0v) is 18.6. The number of nitrogens with two attached hydrogens (primary N) is 1. The number of phenolic OH excluding ortho intramolecular Hbond substituents is 1. The molecular formula is C25H26N2O5. The first-order chi connectivity index (χ1) is 15.1. The van der Waals surface area contributed by atoms with Gasteiger partial charge in [0.2, 0.25) is 11.8 Å². The SMILES string of the molecule is CCOC(=O)C1=C(N)Oc2cc(O)ccc2[C@]12C(=O)N1c3c(cccc32)[C@@H](C)CC1(C)C. The number of rotatable bonds is 2. The first kappa shape index (κ1) is 20.4. The van der Waals surface area contributed by atoms with Gasteiger partial charge in [-0.1, -0.05) is 25.1 Å². The van der Waals surface area contributed by atoms with E-state index in [2.05, 4.69) is 6.92 Å². The maximum absolute atomic E-state index is 14.5. The lowest BCUT2D eigenvalue weighted by Crippen LogP contribution is -2.55. The summed E-state index contributed by atoms with van der Waals surface area (Å²) in [6.07, 6.45) is 0.776. The van der Waals surface area contributed by atoms with Gasteiger partial charge in [-0.05, 0) is 50.8 Å². The van der Waals surface area contributed by atoms with E-state index in [-0.39, 0.29) is 41.4 Å². The van der Waals surface area contributed by atoms with Crippen molar-refractivity contribution in [3.05, 3.63) is 64.5 Å². The molecule has 3 N–H and O–H groups in total. The zero-order chi connectivity index (χ0) is 23.0. The number of hydrogen-bond acceptors (Lipinski definition) is 6. The number of esters is 1. The average molecular weight is 434 g/mol. The maximum Gasteiger partial charge on any atom is 0.341 e. The molecule has 3 aliphatic heterocycles. The summed E-state index contributed by atoms with van der Waals surface area (Å²) < 4.78 is 11.1. The summed E-state index contributed by atoms with van der Waals surface area (Å²) in [6, 6.07) is 10.4. The largest absolute Gasteiger partial charge is 0.508 e. The third-order valence-electron chi connectivity index (χ3n) is 6.85. The summed E-state index contributed by atoms with van der Waals surface area (Å²) in [7, 11) is 0. The Morgan fingerprint density at radius 2 is 2.03 bits per heavy atom. The number of phenols is 1. The molecule has 7 heteroatoms. The van der Waals surface area contributed by atoms with Gasteiger partial charge in [0.25, 0.3) is 0 Å². The van der Waals surface area contributed by atoms with Gasteiger partial charge in [-0.3, -0.25) is 4.79 Å². The Morgan fingerprint density at radius 3 is 2.75 bits per heavy atom. The molecule has 5 rings (SSSR count). The number of aromatic hydroxyl groups is 1. The second-order valence-corrected chi connectivity index (χ2v) is 9.29. The van der Waals surface area contributed by atoms with Crippen LogP contribution in [0.5, 0.6) is 11.5 Å². The van der Waals surface area contributed by atoms with Gasteiger partial charge in [-0.2, -0.15) is 0 Å². The minimum Gasteiger partial charge on any atom is -0.508 e. The number of amides is 1. The average Bonchev–Trinajstić information content (AvgIpc) is 2.96. The Bertz CT molecular complexity index is 1210. The van der Waals surface area contributed by atoms with Gasteiger partial charge in [0.15, 0.2) is 0 Å². The van der Waals surface area contributed by atoms with Gasteiger partial charge in [0, 0.05) is 22.7 Å². The monoisotopic (exact) mass is 434 g/mol. The van der Waals surface area contributed by atoms with Crippen LogP contribution in [0.1, 0.15) is 56.7 Å². The molecule has 3 heterocycles. The molecule has 1 amide bonds.